The smallest absolute Gasteiger partial charge is 0.177 e. The van der Waals surface area contributed by atoms with E-state index in [1.54, 1.807) is 0 Å². The summed E-state index contributed by atoms with van der Waals surface area (Å²) in [5.41, 5.74) is 1.31. The van der Waals surface area contributed by atoms with E-state index in [-0.39, 0.29) is 0 Å². The van der Waals surface area contributed by atoms with E-state index in [1.165, 1.54) is 69.8 Å². The van der Waals surface area contributed by atoms with Gasteiger partial charge in [-0.25, -0.2) is 0 Å². The van der Waals surface area contributed by atoms with Gasteiger partial charge >= 0.3 is 0 Å². The third-order valence-electron chi connectivity index (χ3n) is 4.94. The highest BCUT2D eigenvalue weighted by molar-refractivity contribution is 6.08. The minimum atomic E-state index is 0.923. The van der Waals surface area contributed by atoms with E-state index in [1.807, 2.05) is 0 Å². The Bertz CT molecular complexity index is 424. The molecule has 0 fully saturated rings. The van der Waals surface area contributed by atoms with Crippen molar-refractivity contribution >= 4 is 10.2 Å². The van der Waals surface area contributed by atoms with E-state index < -0.39 is 0 Å². The van der Waals surface area contributed by atoms with E-state index in [0.29, 0.717) is 0 Å². The topological polar surface area (TPSA) is 12.0 Å². The Morgan fingerprint density at radius 3 is 2.08 bits per heavy atom. The van der Waals surface area contributed by atoms with Crippen LogP contribution in [0.15, 0.2) is 36.1 Å². The van der Waals surface area contributed by atoms with Gasteiger partial charge in [0.15, 0.2) is 6.20 Å². The second-order valence-corrected chi connectivity index (χ2v) is 8.58. The number of quaternary nitrogens is 1. The van der Waals surface area contributed by atoms with Crippen LogP contribution >= 0.6 is 0 Å². The molecule has 3 heteroatoms. The van der Waals surface area contributed by atoms with E-state index >= 15 is 0 Å². The molecule has 1 rings (SSSR count). The maximum atomic E-state index is 3.62. The Morgan fingerprint density at radius 2 is 1.50 bits per heavy atom. The molecule has 0 aromatic carbocycles. The highest BCUT2D eigenvalue weighted by atomic mass is 28.1. The molecular weight excluding hydrogens is 332 g/mol. The number of rotatable bonds is 16. The minimum Gasteiger partial charge on any atom is -0.311 e. The van der Waals surface area contributed by atoms with Crippen LogP contribution in [0.25, 0.3) is 0 Å². The molecule has 0 spiro atoms. The molecule has 0 saturated carbocycles. The summed E-state index contributed by atoms with van der Waals surface area (Å²) in [5.74, 6) is 0. The third-order valence-corrected chi connectivity index (χ3v) is 5.30. The SMILES string of the molecule is C[N+](C)(C=C1C=CC=C[CH+]1)CCNCCCCCCCCCCCC[Si]. The Kier molecular flexibility index (Phi) is 13.7. The lowest BCUT2D eigenvalue weighted by molar-refractivity contribution is -0.837. The fourth-order valence-electron chi connectivity index (χ4n) is 3.29. The summed E-state index contributed by atoms with van der Waals surface area (Å²) in [6, 6.07) is 1.16. The molecule has 26 heavy (non-hydrogen) atoms. The van der Waals surface area contributed by atoms with Crippen molar-refractivity contribution in [2.45, 2.75) is 70.3 Å². The normalized spacial score (nSPS) is 15.6. The Morgan fingerprint density at radius 1 is 0.885 bits per heavy atom. The van der Waals surface area contributed by atoms with E-state index in [2.05, 4.69) is 66.6 Å². The number of allylic oxidation sites excluding steroid dienone is 5. The van der Waals surface area contributed by atoms with Gasteiger partial charge in [0, 0.05) is 47.5 Å². The van der Waals surface area contributed by atoms with Gasteiger partial charge in [-0.3, -0.25) is 4.48 Å². The fraction of sp³-hybridized carbons (Fsp3) is 0.696. The highest BCUT2D eigenvalue weighted by Gasteiger charge is 2.17. The summed E-state index contributed by atoms with van der Waals surface area (Å²) in [6.45, 7) is 3.38. The maximum absolute atomic E-state index is 3.62. The van der Waals surface area contributed by atoms with Gasteiger partial charge in [0.25, 0.3) is 0 Å². The Hall–Kier alpha value is -0.773. The molecule has 0 aromatic rings. The second kappa shape index (κ2) is 15.3. The van der Waals surface area contributed by atoms with Crippen LogP contribution in [0.4, 0.5) is 0 Å². The second-order valence-electron chi connectivity index (χ2n) is 8.08. The van der Waals surface area contributed by atoms with E-state index in [0.717, 1.165) is 30.2 Å². The van der Waals surface area contributed by atoms with E-state index in [9.17, 15) is 0 Å². The van der Waals surface area contributed by atoms with Crippen LogP contribution < -0.4 is 5.32 Å². The number of nitrogens with one attached hydrogen (secondary N) is 1. The standard InChI is InChI=1S/C23H41N2Si/c1-25(2,22-23-16-12-11-13-17-23)20-19-24-18-14-9-7-5-3-4-6-8-10-15-21-26/h11-13,16-17,22,24H,3-10,14-15,18-21H2,1-2H3/q+2. The number of likely N-dealkylation sites (N-methyl/N-ethyl adjacent to an activating group) is 1. The molecule has 1 aliphatic carbocycles. The van der Waals surface area contributed by atoms with Gasteiger partial charge in [0.2, 0.25) is 0 Å². The molecule has 0 amide bonds. The summed E-state index contributed by atoms with van der Waals surface area (Å²) >= 11 is 0. The molecule has 0 bridgehead atoms. The van der Waals surface area contributed by atoms with Crippen molar-refractivity contribution in [2.75, 3.05) is 33.7 Å². The molecule has 1 N–H and O–H groups in total. The molecule has 0 unspecified atom stereocenters. The van der Waals surface area contributed by atoms with Crippen molar-refractivity contribution in [3.05, 3.63) is 42.5 Å². The molecule has 0 aromatic heterocycles. The zero-order valence-electron chi connectivity index (χ0n) is 17.3. The van der Waals surface area contributed by atoms with Crippen LogP contribution in [0.5, 0.6) is 0 Å². The average molecular weight is 374 g/mol. The van der Waals surface area contributed by atoms with Crippen LogP contribution in [0.3, 0.4) is 0 Å². The first-order valence-corrected chi connectivity index (χ1v) is 11.4. The molecule has 3 radical (unpaired) electrons. The molecule has 0 atom stereocenters. The first-order valence-electron chi connectivity index (χ1n) is 10.7. The summed E-state index contributed by atoms with van der Waals surface area (Å²) in [4.78, 5) is 0. The maximum Gasteiger partial charge on any atom is 0.177 e. The van der Waals surface area contributed by atoms with E-state index in [4.69, 9.17) is 0 Å². The predicted octanol–water partition coefficient (Wildman–Crippen LogP) is 5.35. The minimum absolute atomic E-state index is 0.923. The molecular formula is C23H41N2Si+2. The van der Waals surface area contributed by atoms with Gasteiger partial charge in [-0.05, 0) is 13.0 Å². The first kappa shape index (κ1) is 23.3. The number of hydrogen-bond acceptors (Lipinski definition) is 1. The summed E-state index contributed by atoms with van der Waals surface area (Å²) < 4.78 is 0.923. The van der Waals surface area contributed by atoms with Gasteiger partial charge in [0.05, 0.1) is 14.1 Å². The Balaban J connectivity index is 1.88. The van der Waals surface area contributed by atoms with Gasteiger partial charge in [-0.2, -0.15) is 0 Å². The van der Waals surface area contributed by atoms with Crippen molar-refractivity contribution in [3.8, 4) is 0 Å². The lowest BCUT2D eigenvalue weighted by Gasteiger charge is -2.23. The summed E-state index contributed by atoms with van der Waals surface area (Å²) in [5, 5.41) is 3.62. The molecule has 0 saturated heterocycles. The molecule has 145 valence electrons. The van der Waals surface area contributed by atoms with Crippen molar-refractivity contribution in [1.82, 2.24) is 5.32 Å². The highest BCUT2D eigenvalue weighted by Crippen LogP contribution is 2.13. The predicted molar refractivity (Wildman–Crippen MR) is 117 cm³/mol. The monoisotopic (exact) mass is 373 g/mol. The summed E-state index contributed by atoms with van der Waals surface area (Å²) in [6.07, 6.45) is 27.0. The van der Waals surface area contributed by atoms with Crippen molar-refractivity contribution in [3.63, 3.8) is 0 Å². The average Bonchev–Trinajstić information content (AvgIpc) is 2.62. The number of unbranched alkanes of at least 4 members (excludes halogenated alkanes) is 9. The van der Waals surface area contributed by atoms with Crippen LogP contribution in [0.1, 0.15) is 64.2 Å². The van der Waals surface area contributed by atoms with Crippen molar-refractivity contribution in [1.29, 1.82) is 0 Å². The molecule has 0 aliphatic heterocycles. The van der Waals surface area contributed by atoms with Crippen LogP contribution in [0, 0.1) is 6.42 Å². The van der Waals surface area contributed by atoms with Gasteiger partial charge in [-0.1, -0.05) is 63.8 Å². The van der Waals surface area contributed by atoms with Gasteiger partial charge in [-0.15, -0.1) is 0 Å². The first-order chi connectivity index (χ1) is 12.6. The number of nitrogens with zero attached hydrogens (tertiary/aromatic N) is 1. The quantitative estimate of drug-likeness (QED) is 0.166. The number of hydrogen-bond donors (Lipinski definition) is 1. The van der Waals surface area contributed by atoms with Crippen LogP contribution in [-0.2, 0) is 0 Å². The molecule has 0 heterocycles. The third kappa shape index (κ3) is 13.4. The summed E-state index contributed by atoms with van der Waals surface area (Å²) in [7, 11) is 8.09. The zero-order chi connectivity index (χ0) is 18.9. The lowest BCUT2D eigenvalue weighted by atomic mass is 10.1. The largest absolute Gasteiger partial charge is 0.311 e. The van der Waals surface area contributed by atoms with Gasteiger partial charge in [0.1, 0.15) is 12.1 Å². The van der Waals surface area contributed by atoms with Gasteiger partial charge < -0.3 is 5.32 Å². The van der Waals surface area contributed by atoms with Crippen molar-refractivity contribution in [2.24, 2.45) is 0 Å². The van der Waals surface area contributed by atoms with Crippen LogP contribution in [0.2, 0.25) is 6.04 Å². The lowest BCUT2D eigenvalue weighted by Crippen LogP contribution is -2.40. The fourth-order valence-corrected chi connectivity index (χ4v) is 3.54. The Labute approximate surface area is 166 Å². The molecule has 1 aliphatic rings. The van der Waals surface area contributed by atoms with Crippen LogP contribution in [-0.4, -0.2) is 48.5 Å². The molecule has 2 nitrogen and oxygen atoms in total. The zero-order valence-corrected chi connectivity index (χ0v) is 18.3. The van der Waals surface area contributed by atoms with Crippen molar-refractivity contribution < 1.29 is 4.48 Å².